The van der Waals surface area contributed by atoms with Crippen molar-refractivity contribution in [3.63, 3.8) is 0 Å². The minimum atomic E-state index is -0.120. The van der Waals surface area contributed by atoms with Crippen LogP contribution in [0.4, 0.5) is 5.13 Å². The summed E-state index contributed by atoms with van der Waals surface area (Å²) in [6.45, 7) is 6.09. The summed E-state index contributed by atoms with van der Waals surface area (Å²) in [5.74, 6) is -0.120. The zero-order valence-electron chi connectivity index (χ0n) is 14.0. The molecule has 0 saturated heterocycles. The van der Waals surface area contributed by atoms with E-state index in [0.717, 1.165) is 40.7 Å². The lowest BCUT2D eigenvalue weighted by Gasteiger charge is -2.01. The second-order valence-electron chi connectivity index (χ2n) is 5.58. The van der Waals surface area contributed by atoms with Crippen LogP contribution in [0.1, 0.15) is 45.7 Å². The highest BCUT2D eigenvalue weighted by molar-refractivity contribution is 7.17. The molecule has 24 heavy (non-hydrogen) atoms. The van der Waals surface area contributed by atoms with Crippen LogP contribution in [-0.4, -0.2) is 20.4 Å². The second kappa shape index (κ2) is 7.27. The molecule has 0 radical (unpaired) electrons. The van der Waals surface area contributed by atoms with Gasteiger partial charge >= 0.3 is 0 Å². The Hall–Kier alpha value is -1.99. The van der Waals surface area contributed by atoms with Crippen molar-refractivity contribution in [2.75, 3.05) is 5.32 Å². The second-order valence-corrected chi connectivity index (χ2v) is 7.76. The highest BCUT2D eigenvalue weighted by Gasteiger charge is 2.20. The lowest BCUT2D eigenvalue weighted by atomic mass is 10.2. The molecule has 126 valence electrons. The van der Waals surface area contributed by atoms with Gasteiger partial charge in [0.25, 0.3) is 5.91 Å². The number of carbonyl (C=O) groups is 1. The average molecular weight is 361 g/mol. The maximum atomic E-state index is 12.7. The van der Waals surface area contributed by atoms with Gasteiger partial charge in [-0.3, -0.25) is 10.1 Å². The molecule has 0 aliphatic carbocycles. The van der Waals surface area contributed by atoms with Crippen LogP contribution in [0.3, 0.4) is 0 Å². The maximum Gasteiger partial charge on any atom is 0.269 e. The molecule has 0 aliphatic heterocycles. The molecule has 1 N–H and O–H groups in total. The molecule has 0 aromatic carbocycles. The molecular weight excluding hydrogens is 340 g/mol. The molecule has 3 aromatic rings. The van der Waals surface area contributed by atoms with E-state index in [0.29, 0.717) is 10.0 Å². The number of aryl methyl sites for hydroxylation is 3. The molecule has 0 aliphatic rings. The molecule has 0 unspecified atom stereocenters. The SMILES string of the molecule is CCCCc1nc(-n2cccc2)sc1C(=O)Nc1nc(C)c(C)s1. The van der Waals surface area contributed by atoms with Gasteiger partial charge in [-0.2, -0.15) is 0 Å². The van der Waals surface area contributed by atoms with Crippen LogP contribution in [0, 0.1) is 13.8 Å². The number of thiazole rings is 2. The number of hydrogen-bond acceptors (Lipinski definition) is 5. The Bertz CT molecular complexity index is 814. The van der Waals surface area contributed by atoms with Gasteiger partial charge in [0.2, 0.25) is 0 Å². The topological polar surface area (TPSA) is 59.8 Å². The van der Waals surface area contributed by atoms with E-state index in [-0.39, 0.29) is 5.91 Å². The fraction of sp³-hybridized carbons (Fsp3) is 0.353. The van der Waals surface area contributed by atoms with E-state index in [2.05, 4.69) is 22.2 Å². The first-order valence-electron chi connectivity index (χ1n) is 7.97. The van der Waals surface area contributed by atoms with Gasteiger partial charge in [0.1, 0.15) is 4.88 Å². The summed E-state index contributed by atoms with van der Waals surface area (Å²) in [5.41, 5.74) is 1.83. The Morgan fingerprint density at radius 2 is 1.96 bits per heavy atom. The van der Waals surface area contributed by atoms with Crippen LogP contribution in [0.5, 0.6) is 0 Å². The van der Waals surface area contributed by atoms with Gasteiger partial charge in [-0.1, -0.05) is 24.7 Å². The Morgan fingerprint density at radius 1 is 1.21 bits per heavy atom. The van der Waals surface area contributed by atoms with Crippen LogP contribution in [-0.2, 0) is 6.42 Å². The van der Waals surface area contributed by atoms with Crippen molar-refractivity contribution in [1.29, 1.82) is 0 Å². The van der Waals surface area contributed by atoms with Gasteiger partial charge < -0.3 is 4.57 Å². The Balaban J connectivity index is 1.88. The molecule has 0 spiro atoms. The molecule has 0 saturated carbocycles. The summed E-state index contributed by atoms with van der Waals surface area (Å²) in [7, 11) is 0. The minimum Gasteiger partial charge on any atom is -0.300 e. The molecule has 0 fully saturated rings. The van der Waals surface area contributed by atoms with E-state index in [4.69, 9.17) is 0 Å². The summed E-state index contributed by atoms with van der Waals surface area (Å²) in [5, 5.41) is 4.39. The zero-order chi connectivity index (χ0) is 17.1. The van der Waals surface area contributed by atoms with Crippen LogP contribution in [0.25, 0.3) is 5.13 Å². The van der Waals surface area contributed by atoms with E-state index in [1.807, 2.05) is 42.9 Å². The number of hydrogen-bond donors (Lipinski definition) is 1. The van der Waals surface area contributed by atoms with Gasteiger partial charge in [-0.25, -0.2) is 9.97 Å². The average Bonchev–Trinajstić information content (AvgIpc) is 3.26. The monoisotopic (exact) mass is 360 g/mol. The van der Waals surface area contributed by atoms with Crippen LogP contribution < -0.4 is 5.32 Å². The van der Waals surface area contributed by atoms with Gasteiger partial charge in [0.15, 0.2) is 10.3 Å². The van der Waals surface area contributed by atoms with Crippen molar-refractivity contribution in [2.24, 2.45) is 0 Å². The molecule has 3 aromatic heterocycles. The zero-order valence-corrected chi connectivity index (χ0v) is 15.6. The molecule has 3 rings (SSSR count). The first kappa shape index (κ1) is 16.9. The fourth-order valence-electron chi connectivity index (χ4n) is 2.28. The first-order chi connectivity index (χ1) is 11.6. The number of amides is 1. The van der Waals surface area contributed by atoms with E-state index >= 15 is 0 Å². The molecular formula is C17H20N4OS2. The summed E-state index contributed by atoms with van der Waals surface area (Å²) in [6.07, 6.45) is 6.79. The lowest BCUT2D eigenvalue weighted by molar-refractivity contribution is 0.102. The van der Waals surface area contributed by atoms with Crippen molar-refractivity contribution in [2.45, 2.75) is 40.0 Å². The number of nitrogens with one attached hydrogen (secondary N) is 1. The van der Waals surface area contributed by atoms with Gasteiger partial charge in [0.05, 0.1) is 11.4 Å². The normalized spacial score (nSPS) is 11.0. The Morgan fingerprint density at radius 3 is 2.58 bits per heavy atom. The van der Waals surface area contributed by atoms with Crippen molar-refractivity contribution < 1.29 is 4.79 Å². The number of anilines is 1. The van der Waals surface area contributed by atoms with Crippen molar-refractivity contribution in [3.05, 3.63) is 45.7 Å². The smallest absolute Gasteiger partial charge is 0.269 e. The van der Waals surface area contributed by atoms with E-state index < -0.39 is 0 Å². The number of aromatic nitrogens is 3. The summed E-state index contributed by atoms with van der Waals surface area (Å²) < 4.78 is 1.94. The number of carbonyl (C=O) groups excluding carboxylic acids is 1. The standard InChI is InChI=1S/C17H20N4OS2/c1-4-5-8-13-14(24-17(19-13)21-9-6-7-10-21)15(22)20-16-18-11(2)12(3)23-16/h6-7,9-10H,4-5,8H2,1-3H3,(H,18,20,22). The molecule has 7 heteroatoms. The third kappa shape index (κ3) is 3.57. The Kier molecular flexibility index (Phi) is 5.11. The maximum absolute atomic E-state index is 12.7. The summed E-state index contributed by atoms with van der Waals surface area (Å²) in [4.78, 5) is 23.6. The van der Waals surface area contributed by atoms with E-state index in [9.17, 15) is 4.79 Å². The predicted octanol–water partition coefficient (Wildman–Crippen LogP) is 4.60. The summed E-state index contributed by atoms with van der Waals surface area (Å²) in [6, 6.07) is 3.90. The highest BCUT2D eigenvalue weighted by atomic mass is 32.1. The van der Waals surface area contributed by atoms with Gasteiger partial charge in [-0.05, 0) is 38.8 Å². The minimum absolute atomic E-state index is 0.120. The molecule has 0 atom stereocenters. The van der Waals surface area contributed by atoms with Crippen molar-refractivity contribution in [1.82, 2.24) is 14.5 Å². The number of nitrogens with zero attached hydrogens (tertiary/aromatic N) is 3. The van der Waals surface area contributed by atoms with Crippen LogP contribution in [0.2, 0.25) is 0 Å². The van der Waals surface area contributed by atoms with Gasteiger partial charge in [-0.15, -0.1) is 11.3 Å². The molecule has 0 bridgehead atoms. The van der Waals surface area contributed by atoms with E-state index in [1.165, 1.54) is 22.7 Å². The van der Waals surface area contributed by atoms with Crippen molar-refractivity contribution >= 4 is 33.7 Å². The predicted molar refractivity (Wildman–Crippen MR) is 99.6 cm³/mol. The molecule has 5 nitrogen and oxygen atoms in total. The van der Waals surface area contributed by atoms with Crippen LogP contribution in [0.15, 0.2) is 24.5 Å². The number of rotatable bonds is 6. The number of unbranched alkanes of at least 4 members (excludes halogenated alkanes) is 1. The summed E-state index contributed by atoms with van der Waals surface area (Å²) >= 11 is 2.92. The van der Waals surface area contributed by atoms with E-state index in [1.54, 1.807) is 0 Å². The molecule has 3 heterocycles. The third-order valence-corrected chi connectivity index (χ3v) is 5.83. The Labute approximate surface area is 149 Å². The van der Waals surface area contributed by atoms with Gasteiger partial charge in [0, 0.05) is 17.3 Å². The molecule has 1 amide bonds. The largest absolute Gasteiger partial charge is 0.300 e. The highest BCUT2D eigenvalue weighted by Crippen LogP contribution is 2.27. The third-order valence-electron chi connectivity index (χ3n) is 3.73. The fourth-order valence-corrected chi connectivity index (χ4v) is 4.07. The lowest BCUT2D eigenvalue weighted by Crippen LogP contribution is -2.12. The van der Waals surface area contributed by atoms with Crippen LogP contribution >= 0.6 is 22.7 Å². The quantitative estimate of drug-likeness (QED) is 0.699. The first-order valence-corrected chi connectivity index (χ1v) is 9.60. The van der Waals surface area contributed by atoms with Crippen molar-refractivity contribution in [3.8, 4) is 5.13 Å².